The van der Waals surface area contributed by atoms with Crippen LogP contribution < -0.4 is 0 Å². The van der Waals surface area contributed by atoms with Gasteiger partial charge in [-0.15, -0.1) is 0 Å². The van der Waals surface area contributed by atoms with E-state index in [2.05, 4.69) is 9.88 Å². The minimum Gasteiger partial charge on any atom is -0.387 e. The predicted molar refractivity (Wildman–Crippen MR) is 86.7 cm³/mol. The number of aliphatic hydroxyl groups is 1. The largest absolute Gasteiger partial charge is 0.387 e. The molecule has 3 rings (SSSR count). The van der Waals surface area contributed by atoms with E-state index in [0.717, 1.165) is 30.8 Å². The van der Waals surface area contributed by atoms with Gasteiger partial charge in [0.15, 0.2) is 9.84 Å². The molecule has 1 N–H and O–H groups in total. The molecule has 6 nitrogen and oxygen atoms in total. The molecular weight excluding hydrogens is 314 g/mol. The van der Waals surface area contributed by atoms with Crippen LogP contribution in [-0.2, 0) is 29.9 Å². The molecular formula is C16H21N3O3S. The van der Waals surface area contributed by atoms with E-state index in [-0.39, 0.29) is 4.90 Å². The van der Waals surface area contributed by atoms with Crippen LogP contribution in [0.15, 0.2) is 35.5 Å². The lowest BCUT2D eigenvalue weighted by Gasteiger charge is -2.28. The van der Waals surface area contributed by atoms with E-state index in [1.807, 2.05) is 17.9 Å². The number of rotatable bonds is 4. The second-order valence-electron chi connectivity index (χ2n) is 6.09. The quantitative estimate of drug-likeness (QED) is 0.899. The van der Waals surface area contributed by atoms with E-state index in [0.29, 0.717) is 6.54 Å². The summed E-state index contributed by atoms with van der Waals surface area (Å²) in [6, 6.07) is 6.44. The zero-order valence-corrected chi connectivity index (χ0v) is 14.1. The molecule has 0 bridgehead atoms. The van der Waals surface area contributed by atoms with Crippen molar-refractivity contribution in [3.63, 3.8) is 0 Å². The number of sulfone groups is 1. The highest BCUT2D eigenvalue weighted by molar-refractivity contribution is 7.90. The van der Waals surface area contributed by atoms with Gasteiger partial charge in [0, 0.05) is 45.1 Å². The lowest BCUT2D eigenvalue weighted by atomic mass is 10.1. The second kappa shape index (κ2) is 6.07. The van der Waals surface area contributed by atoms with Crippen molar-refractivity contribution in [2.24, 2.45) is 7.05 Å². The SMILES string of the molecule is Cn1cnc2c1CCN(CC(O)c1ccc(S(C)(=O)=O)cc1)C2. The van der Waals surface area contributed by atoms with Gasteiger partial charge in [0.2, 0.25) is 0 Å². The van der Waals surface area contributed by atoms with Crippen molar-refractivity contribution in [1.29, 1.82) is 0 Å². The Bertz CT molecular complexity index is 796. The zero-order chi connectivity index (χ0) is 16.6. The van der Waals surface area contributed by atoms with Crippen LogP contribution in [0.1, 0.15) is 23.1 Å². The van der Waals surface area contributed by atoms with Crippen molar-refractivity contribution in [3.8, 4) is 0 Å². The molecule has 7 heteroatoms. The molecule has 0 amide bonds. The summed E-state index contributed by atoms with van der Waals surface area (Å²) in [5, 5.41) is 10.4. The highest BCUT2D eigenvalue weighted by Gasteiger charge is 2.22. The Balaban J connectivity index is 1.67. The number of hydrogen-bond acceptors (Lipinski definition) is 5. The van der Waals surface area contributed by atoms with E-state index < -0.39 is 15.9 Å². The van der Waals surface area contributed by atoms with Crippen LogP contribution in [0.2, 0.25) is 0 Å². The fraction of sp³-hybridized carbons (Fsp3) is 0.438. The summed E-state index contributed by atoms with van der Waals surface area (Å²) in [6.45, 7) is 2.12. The zero-order valence-electron chi connectivity index (χ0n) is 13.3. The van der Waals surface area contributed by atoms with E-state index in [4.69, 9.17) is 0 Å². The Morgan fingerprint density at radius 3 is 2.65 bits per heavy atom. The Labute approximate surface area is 136 Å². The molecule has 1 aromatic carbocycles. The third-order valence-corrected chi connectivity index (χ3v) is 5.44. The highest BCUT2D eigenvalue weighted by Crippen LogP contribution is 2.21. The highest BCUT2D eigenvalue weighted by atomic mass is 32.2. The van der Waals surface area contributed by atoms with Crippen molar-refractivity contribution in [2.75, 3.05) is 19.3 Å². The topological polar surface area (TPSA) is 75.4 Å². The molecule has 1 aliphatic rings. The third-order valence-electron chi connectivity index (χ3n) is 4.31. The molecule has 1 atom stereocenters. The van der Waals surface area contributed by atoms with Gasteiger partial charge in [-0.25, -0.2) is 13.4 Å². The van der Waals surface area contributed by atoms with Gasteiger partial charge in [-0.1, -0.05) is 12.1 Å². The Morgan fingerprint density at radius 1 is 1.30 bits per heavy atom. The molecule has 0 saturated heterocycles. The van der Waals surface area contributed by atoms with Gasteiger partial charge < -0.3 is 9.67 Å². The molecule has 1 unspecified atom stereocenters. The molecule has 1 aromatic heterocycles. The molecule has 0 fully saturated rings. The number of β-amino-alcohol motifs (C(OH)–C–C–N with tert-alkyl or cyclic N) is 1. The molecule has 0 aliphatic carbocycles. The number of nitrogens with zero attached hydrogens (tertiary/aromatic N) is 3. The molecule has 124 valence electrons. The first-order valence-electron chi connectivity index (χ1n) is 7.54. The maximum Gasteiger partial charge on any atom is 0.175 e. The number of aromatic nitrogens is 2. The maximum absolute atomic E-state index is 11.5. The lowest BCUT2D eigenvalue weighted by Crippen LogP contribution is -2.34. The van der Waals surface area contributed by atoms with Crippen molar-refractivity contribution < 1.29 is 13.5 Å². The van der Waals surface area contributed by atoms with Gasteiger partial charge >= 0.3 is 0 Å². The summed E-state index contributed by atoms with van der Waals surface area (Å²) in [5.74, 6) is 0. The molecule has 2 heterocycles. The van der Waals surface area contributed by atoms with Gasteiger partial charge in [-0.2, -0.15) is 0 Å². The van der Waals surface area contributed by atoms with Crippen molar-refractivity contribution in [1.82, 2.24) is 14.5 Å². The number of benzene rings is 1. The smallest absolute Gasteiger partial charge is 0.175 e. The molecule has 0 radical (unpaired) electrons. The Hall–Kier alpha value is -1.70. The van der Waals surface area contributed by atoms with Crippen LogP contribution in [0.25, 0.3) is 0 Å². The molecule has 23 heavy (non-hydrogen) atoms. The van der Waals surface area contributed by atoms with E-state index in [9.17, 15) is 13.5 Å². The number of aryl methyl sites for hydroxylation is 1. The van der Waals surface area contributed by atoms with E-state index >= 15 is 0 Å². The van der Waals surface area contributed by atoms with E-state index in [1.54, 1.807) is 24.3 Å². The summed E-state index contributed by atoms with van der Waals surface area (Å²) in [4.78, 5) is 6.84. The fourth-order valence-electron chi connectivity index (χ4n) is 2.95. The second-order valence-corrected chi connectivity index (χ2v) is 8.11. The van der Waals surface area contributed by atoms with Crippen molar-refractivity contribution in [3.05, 3.63) is 47.5 Å². The minimum absolute atomic E-state index is 0.268. The summed E-state index contributed by atoms with van der Waals surface area (Å²) < 4.78 is 25.0. The van der Waals surface area contributed by atoms with Crippen LogP contribution in [0.4, 0.5) is 0 Å². The van der Waals surface area contributed by atoms with Gasteiger partial charge in [0.25, 0.3) is 0 Å². The standard InChI is InChI=1S/C16H21N3O3S/c1-18-11-17-14-9-19(8-7-15(14)18)10-16(20)12-3-5-13(6-4-12)23(2,21)22/h3-6,11,16,20H,7-10H2,1-2H3. The van der Waals surface area contributed by atoms with Crippen LogP contribution in [0.5, 0.6) is 0 Å². The fourth-order valence-corrected chi connectivity index (χ4v) is 3.59. The summed E-state index contributed by atoms with van der Waals surface area (Å²) in [6.07, 6.45) is 3.28. The number of imidazole rings is 1. The molecule has 1 aliphatic heterocycles. The molecule has 0 spiro atoms. The third kappa shape index (κ3) is 3.46. The first kappa shape index (κ1) is 16.2. The molecule has 0 saturated carbocycles. The lowest BCUT2D eigenvalue weighted by molar-refractivity contribution is 0.104. The summed E-state index contributed by atoms with van der Waals surface area (Å²) >= 11 is 0. The van der Waals surface area contributed by atoms with Crippen LogP contribution in [0.3, 0.4) is 0 Å². The Morgan fingerprint density at radius 2 is 2.00 bits per heavy atom. The number of hydrogen-bond donors (Lipinski definition) is 1. The average molecular weight is 335 g/mol. The van der Waals surface area contributed by atoms with Crippen LogP contribution in [0, 0.1) is 0 Å². The summed E-state index contributed by atoms with van der Waals surface area (Å²) in [7, 11) is -1.21. The van der Waals surface area contributed by atoms with Gasteiger partial charge in [-0.05, 0) is 17.7 Å². The first-order chi connectivity index (χ1) is 10.8. The van der Waals surface area contributed by atoms with Gasteiger partial charge in [0.05, 0.1) is 23.0 Å². The first-order valence-corrected chi connectivity index (χ1v) is 9.43. The number of aliphatic hydroxyl groups excluding tert-OH is 1. The monoisotopic (exact) mass is 335 g/mol. The normalized spacial score (nSPS) is 17.0. The van der Waals surface area contributed by atoms with E-state index in [1.165, 1.54) is 11.9 Å². The van der Waals surface area contributed by atoms with Gasteiger partial charge in [0.1, 0.15) is 0 Å². The van der Waals surface area contributed by atoms with Gasteiger partial charge in [-0.3, -0.25) is 4.90 Å². The minimum atomic E-state index is -3.21. The number of fused-ring (bicyclic) bond motifs is 1. The van der Waals surface area contributed by atoms with Crippen molar-refractivity contribution in [2.45, 2.75) is 24.0 Å². The van der Waals surface area contributed by atoms with Crippen LogP contribution in [-0.4, -0.2) is 47.3 Å². The molecule has 2 aromatic rings. The maximum atomic E-state index is 11.5. The van der Waals surface area contributed by atoms with Crippen LogP contribution >= 0.6 is 0 Å². The average Bonchev–Trinajstić information content (AvgIpc) is 2.87. The predicted octanol–water partition coefficient (Wildman–Crippen LogP) is 0.915. The Kier molecular flexibility index (Phi) is 4.27. The summed E-state index contributed by atoms with van der Waals surface area (Å²) in [5.41, 5.74) is 3.05. The van der Waals surface area contributed by atoms with Crippen molar-refractivity contribution >= 4 is 9.84 Å².